The highest BCUT2D eigenvalue weighted by molar-refractivity contribution is 7.85. The monoisotopic (exact) mass is 244 g/mol. The van der Waals surface area contributed by atoms with Gasteiger partial charge in [-0.25, -0.2) is 8.42 Å². The Bertz CT molecular complexity index is 477. The first-order chi connectivity index (χ1) is 6.49. The molecule has 0 fully saturated rings. The first-order valence-corrected chi connectivity index (χ1v) is 5.24. The van der Waals surface area contributed by atoms with Crippen molar-refractivity contribution < 1.29 is 25.4 Å². The molecule has 0 heterocycles. The molecule has 0 atom stereocenters. The normalized spacial score (nSPS) is 10.2. The molecule has 15 heavy (non-hydrogen) atoms. The van der Waals surface area contributed by atoms with Crippen molar-refractivity contribution in [3.8, 4) is 0 Å². The van der Waals surface area contributed by atoms with Gasteiger partial charge in [0.15, 0.2) is 0 Å². The summed E-state index contributed by atoms with van der Waals surface area (Å²) in [6.07, 6.45) is 2.89. The number of halogens is 1. The average molecular weight is 245 g/mol. The van der Waals surface area contributed by atoms with Crippen molar-refractivity contribution in [2.75, 3.05) is 0 Å². The molecule has 0 aliphatic carbocycles. The molecule has 5 heteroatoms. The lowest BCUT2D eigenvalue weighted by atomic mass is 10.1. The lowest BCUT2D eigenvalue weighted by Crippen LogP contribution is -2.01. The third kappa shape index (κ3) is 3.20. The Hall–Kier alpha value is -1.10. The molecule has 1 rings (SSSR count). The lowest BCUT2D eigenvalue weighted by Gasteiger charge is -2.10. The molecular weight excluding hydrogens is 236 g/mol. The summed E-state index contributed by atoms with van der Waals surface area (Å²) >= 11 is 0. The fraction of sp³-hybridized carbons (Fsp3) is 0. The lowest BCUT2D eigenvalue weighted by molar-refractivity contribution is -0.00000713. The molecule has 1 aromatic carbocycles. The van der Waals surface area contributed by atoms with Crippen LogP contribution in [0.4, 0.5) is 0 Å². The van der Waals surface area contributed by atoms with Gasteiger partial charge in [0, 0.05) is 0 Å². The second-order valence-electron chi connectivity index (χ2n) is 2.66. The van der Waals surface area contributed by atoms with Gasteiger partial charge in [0.2, 0.25) is 0 Å². The van der Waals surface area contributed by atoms with Crippen LogP contribution in [-0.4, -0.2) is 13.0 Å². The zero-order chi connectivity index (χ0) is 10.8. The van der Waals surface area contributed by atoms with Crippen LogP contribution in [0.15, 0.2) is 36.3 Å². The summed E-state index contributed by atoms with van der Waals surface area (Å²) < 4.78 is 32.3. The van der Waals surface area contributed by atoms with E-state index in [9.17, 15) is 13.0 Å². The van der Waals surface area contributed by atoms with Crippen LogP contribution in [0, 0.1) is 12.4 Å². The Morgan fingerprint density at radius 2 is 1.80 bits per heavy atom. The molecule has 0 spiro atoms. The van der Waals surface area contributed by atoms with Gasteiger partial charge < -0.3 is 4.55 Å². The first-order valence-electron chi connectivity index (χ1n) is 3.84. The zero-order valence-corrected chi connectivity index (χ0v) is 9.38. The van der Waals surface area contributed by atoms with Crippen molar-refractivity contribution in [1.82, 2.24) is 0 Å². The summed E-state index contributed by atoms with van der Waals surface area (Å²) in [5.74, 6) is 0. The van der Waals surface area contributed by atoms with Crippen LogP contribution < -0.4 is 0 Å². The van der Waals surface area contributed by atoms with E-state index < -0.39 is 10.1 Å². The highest BCUT2D eigenvalue weighted by atomic mass is 35.5. The molecular formula is C10H9ClO3S. The molecule has 0 aliphatic heterocycles. The molecule has 2 radical (unpaired) electrons. The highest BCUT2D eigenvalue weighted by Gasteiger charge is 2.06. The Morgan fingerprint density at radius 3 is 2.20 bits per heavy atom. The van der Waals surface area contributed by atoms with Crippen LogP contribution >= 0.6 is 0 Å². The molecule has 0 aliphatic rings. The van der Waals surface area contributed by atoms with Gasteiger partial charge in [-0.15, -0.1) is 0 Å². The van der Waals surface area contributed by atoms with Gasteiger partial charge in [0.1, 0.15) is 10.1 Å². The van der Waals surface area contributed by atoms with Gasteiger partial charge in [0.25, 0.3) is 0 Å². The van der Waals surface area contributed by atoms with Gasteiger partial charge in [-0.05, 0) is 23.3 Å². The van der Waals surface area contributed by atoms with E-state index in [0.29, 0.717) is 5.56 Å². The Labute approximate surface area is 95.3 Å². The maximum Gasteiger partial charge on any atom is 1.00 e. The van der Waals surface area contributed by atoms with Gasteiger partial charge in [-0.3, -0.25) is 0 Å². The Kier molecular flexibility index (Phi) is 4.74. The topological polar surface area (TPSA) is 57.2 Å². The largest absolute Gasteiger partial charge is 1.00 e. The van der Waals surface area contributed by atoms with Crippen LogP contribution in [-0.2, 0) is 10.1 Å². The zero-order valence-electron chi connectivity index (χ0n) is 7.81. The van der Waals surface area contributed by atoms with Crippen LogP contribution in [0.5, 0.6) is 0 Å². The molecule has 0 saturated heterocycles. The van der Waals surface area contributed by atoms with Crippen molar-refractivity contribution in [3.05, 3.63) is 42.5 Å². The average Bonchev–Trinajstić information content (AvgIpc) is 2.15. The van der Waals surface area contributed by atoms with Gasteiger partial charge in [-0.2, -0.15) is 0 Å². The van der Waals surface area contributed by atoms with Crippen molar-refractivity contribution >= 4 is 22.3 Å². The molecule has 1 aromatic rings. The summed E-state index contributed by atoms with van der Waals surface area (Å²) in [7, 11) is -4.43. The van der Waals surface area contributed by atoms with E-state index in [0.717, 1.165) is 5.56 Å². The van der Waals surface area contributed by atoms with Crippen LogP contribution in [0.1, 0.15) is 11.1 Å². The molecule has 0 bridgehead atoms. The standard InChI is InChI=1S/C10H10O3S.Cl/c1-3-8-5-6-10(14(11,12)13)9(4-2)7-8;/h3-7H,1-2H2,(H,11,12,13);/q;+1/p-1. The van der Waals surface area contributed by atoms with E-state index in [2.05, 4.69) is 13.2 Å². The number of hydrogen-bond donors (Lipinski definition) is 0. The first kappa shape index (κ1) is 13.9. The fourth-order valence-corrected chi connectivity index (χ4v) is 1.75. The molecule has 0 saturated carbocycles. The van der Waals surface area contributed by atoms with Crippen LogP contribution in [0.3, 0.4) is 0 Å². The maximum absolute atomic E-state index is 10.8. The van der Waals surface area contributed by atoms with Crippen LogP contribution in [0.2, 0.25) is 0 Å². The van der Waals surface area contributed by atoms with E-state index in [1.807, 2.05) is 0 Å². The SMILES string of the molecule is C=Cc1ccc(S(=O)(=O)[O-])c(C=C)c1.[Cl+]. The van der Waals surface area contributed by atoms with Crippen molar-refractivity contribution in [3.63, 3.8) is 0 Å². The van der Waals surface area contributed by atoms with Crippen molar-refractivity contribution in [2.24, 2.45) is 0 Å². The predicted molar refractivity (Wildman–Crippen MR) is 54.6 cm³/mol. The summed E-state index contributed by atoms with van der Waals surface area (Å²) in [6, 6.07) is 4.33. The second kappa shape index (κ2) is 5.11. The maximum atomic E-state index is 10.8. The van der Waals surface area contributed by atoms with E-state index in [1.165, 1.54) is 18.2 Å². The predicted octanol–water partition coefficient (Wildman–Crippen LogP) is 1.88. The van der Waals surface area contributed by atoms with Gasteiger partial charge >= 0.3 is 12.4 Å². The summed E-state index contributed by atoms with van der Waals surface area (Å²) in [5.41, 5.74) is 1.05. The number of benzene rings is 1. The second-order valence-corrected chi connectivity index (χ2v) is 4.01. The van der Waals surface area contributed by atoms with Gasteiger partial charge in [-0.1, -0.05) is 31.4 Å². The molecule has 0 unspecified atom stereocenters. The Balaban J connectivity index is 0.00000196. The van der Waals surface area contributed by atoms with Crippen LogP contribution in [0.25, 0.3) is 12.2 Å². The quantitative estimate of drug-likeness (QED) is 0.763. The van der Waals surface area contributed by atoms with Crippen molar-refractivity contribution in [2.45, 2.75) is 4.90 Å². The third-order valence-electron chi connectivity index (χ3n) is 1.76. The minimum absolute atomic E-state index is 0. The smallest absolute Gasteiger partial charge is 0.744 e. The van der Waals surface area contributed by atoms with Gasteiger partial charge in [0.05, 0.1) is 4.90 Å². The Morgan fingerprint density at radius 1 is 1.20 bits per heavy atom. The molecule has 3 nitrogen and oxygen atoms in total. The summed E-state index contributed by atoms with van der Waals surface area (Å²) in [5, 5.41) is 0. The number of rotatable bonds is 3. The summed E-state index contributed by atoms with van der Waals surface area (Å²) in [4.78, 5) is -0.252. The van der Waals surface area contributed by atoms with E-state index >= 15 is 0 Å². The molecule has 0 amide bonds. The van der Waals surface area contributed by atoms with E-state index in [-0.39, 0.29) is 17.3 Å². The van der Waals surface area contributed by atoms with E-state index in [4.69, 9.17) is 0 Å². The molecule has 0 N–H and O–H groups in total. The fourth-order valence-electron chi connectivity index (χ4n) is 1.08. The molecule has 0 aromatic heterocycles. The number of hydrogen-bond acceptors (Lipinski definition) is 3. The van der Waals surface area contributed by atoms with Crippen molar-refractivity contribution in [1.29, 1.82) is 0 Å². The highest BCUT2D eigenvalue weighted by Crippen LogP contribution is 2.18. The summed E-state index contributed by atoms with van der Waals surface area (Å²) in [6.45, 7) is 6.98. The van der Waals surface area contributed by atoms with E-state index in [1.54, 1.807) is 12.1 Å². The minimum Gasteiger partial charge on any atom is -0.744 e. The molecule has 80 valence electrons. The third-order valence-corrected chi connectivity index (χ3v) is 2.67. The minimum atomic E-state index is -4.43.